The van der Waals surface area contributed by atoms with Crippen LogP contribution < -0.4 is 19.7 Å². The van der Waals surface area contributed by atoms with Gasteiger partial charge in [-0.25, -0.2) is 9.69 Å². The van der Waals surface area contributed by atoms with Gasteiger partial charge in [0, 0.05) is 0 Å². The summed E-state index contributed by atoms with van der Waals surface area (Å²) >= 11 is 2.13. The van der Waals surface area contributed by atoms with Crippen LogP contribution in [-0.4, -0.2) is 25.0 Å². The predicted molar refractivity (Wildman–Crippen MR) is 151 cm³/mol. The van der Waals surface area contributed by atoms with E-state index >= 15 is 0 Å². The number of carbonyl (C=O) groups is 3. The molecule has 4 rings (SSSR count). The number of methoxy groups -OCH3 is 1. The van der Waals surface area contributed by atoms with E-state index in [1.165, 1.54) is 24.3 Å². The molecule has 8 heteroatoms. The maximum atomic E-state index is 13.3. The van der Waals surface area contributed by atoms with Gasteiger partial charge in [-0.3, -0.25) is 14.9 Å². The number of nitrogens with zero attached hydrogens (tertiary/aromatic N) is 1. The van der Waals surface area contributed by atoms with Crippen LogP contribution in [0.3, 0.4) is 0 Å². The van der Waals surface area contributed by atoms with Crippen LogP contribution >= 0.6 is 22.6 Å². The molecule has 0 spiro atoms. The number of ether oxygens (including phenoxy) is 2. The van der Waals surface area contributed by atoms with Gasteiger partial charge < -0.3 is 9.47 Å². The highest BCUT2D eigenvalue weighted by Gasteiger charge is 2.37. The van der Waals surface area contributed by atoms with Gasteiger partial charge in [-0.2, -0.15) is 0 Å². The largest absolute Gasteiger partial charge is 0.493 e. The minimum atomic E-state index is -0.775. The molecule has 0 saturated carbocycles. The molecule has 1 fully saturated rings. The van der Waals surface area contributed by atoms with Gasteiger partial charge in [0.2, 0.25) is 0 Å². The zero-order valence-electron chi connectivity index (χ0n) is 21.3. The lowest BCUT2D eigenvalue weighted by atomic mass is 10.0. The summed E-state index contributed by atoms with van der Waals surface area (Å²) in [5.74, 6) is -0.407. The van der Waals surface area contributed by atoms with Crippen LogP contribution in [0.5, 0.6) is 11.5 Å². The molecule has 3 aromatic rings. The van der Waals surface area contributed by atoms with E-state index in [0.717, 1.165) is 25.2 Å². The van der Waals surface area contributed by atoms with Gasteiger partial charge in [0.15, 0.2) is 11.5 Å². The number of rotatable bonds is 6. The minimum Gasteiger partial charge on any atom is -0.493 e. The van der Waals surface area contributed by atoms with E-state index in [9.17, 15) is 14.4 Å². The van der Waals surface area contributed by atoms with Crippen molar-refractivity contribution in [1.29, 1.82) is 0 Å². The topological polar surface area (TPSA) is 84.9 Å². The summed E-state index contributed by atoms with van der Waals surface area (Å²) in [4.78, 5) is 39.6. The van der Waals surface area contributed by atoms with Crippen molar-refractivity contribution in [2.24, 2.45) is 0 Å². The molecular formula is C29H27IN2O5. The van der Waals surface area contributed by atoms with E-state index in [1.807, 2.05) is 26.0 Å². The third-order valence-electron chi connectivity index (χ3n) is 6.44. The molecular weight excluding hydrogens is 583 g/mol. The first kappa shape index (κ1) is 26.4. The fourth-order valence-electron chi connectivity index (χ4n) is 4.03. The summed E-state index contributed by atoms with van der Waals surface area (Å²) in [6.07, 6.45) is 1.46. The van der Waals surface area contributed by atoms with E-state index < -0.39 is 17.8 Å². The minimum absolute atomic E-state index is 0.151. The summed E-state index contributed by atoms with van der Waals surface area (Å²) in [6, 6.07) is 14.2. The number of imide groups is 2. The molecule has 0 unspecified atom stereocenters. The van der Waals surface area contributed by atoms with Crippen LogP contribution in [0.15, 0.2) is 54.1 Å². The van der Waals surface area contributed by atoms with Gasteiger partial charge in [0.05, 0.1) is 16.4 Å². The Morgan fingerprint density at radius 1 is 0.946 bits per heavy atom. The Morgan fingerprint density at radius 2 is 1.70 bits per heavy atom. The third kappa shape index (κ3) is 5.39. The Balaban J connectivity index is 1.65. The average molecular weight is 610 g/mol. The van der Waals surface area contributed by atoms with Gasteiger partial charge in [-0.05, 0) is 108 Å². The van der Waals surface area contributed by atoms with Crippen LogP contribution in [-0.2, 0) is 16.2 Å². The fraction of sp³-hybridized carbons (Fsp3) is 0.207. The smallest absolute Gasteiger partial charge is 0.335 e. The third-order valence-corrected chi connectivity index (χ3v) is 7.24. The summed E-state index contributed by atoms with van der Waals surface area (Å²) in [6.45, 7) is 8.21. The van der Waals surface area contributed by atoms with E-state index in [4.69, 9.17) is 9.47 Å². The van der Waals surface area contributed by atoms with E-state index in [-0.39, 0.29) is 5.57 Å². The summed E-state index contributed by atoms with van der Waals surface area (Å²) in [7, 11) is 1.53. The standard InChI is InChI=1S/C29H27IN2O5/c1-16-9-10-20(11-18(16)3)15-37-26-23(30)13-21(14-25(26)36-5)12-22-27(33)31-29(35)32(28(22)34)24-8-6-7-17(2)19(24)4/h6-14H,15H2,1-5H3,(H,31,33,35)/b22-12+. The molecule has 1 aliphatic heterocycles. The number of aryl methyl sites for hydroxylation is 3. The number of carbonyl (C=O) groups excluding carboxylic acids is 3. The molecule has 1 heterocycles. The van der Waals surface area contributed by atoms with E-state index in [0.29, 0.717) is 29.4 Å². The van der Waals surface area contributed by atoms with Gasteiger partial charge >= 0.3 is 6.03 Å². The highest BCUT2D eigenvalue weighted by molar-refractivity contribution is 14.1. The Labute approximate surface area is 229 Å². The number of nitrogens with one attached hydrogen (secondary N) is 1. The quantitative estimate of drug-likeness (QED) is 0.218. The Bertz CT molecular complexity index is 1460. The number of urea groups is 1. The van der Waals surface area contributed by atoms with Crippen molar-refractivity contribution in [3.05, 3.63) is 91.1 Å². The maximum absolute atomic E-state index is 13.3. The van der Waals surface area contributed by atoms with Crippen molar-refractivity contribution in [3.8, 4) is 11.5 Å². The first-order valence-electron chi connectivity index (χ1n) is 11.6. The Hall–Kier alpha value is -3.66. The molecule has 1 saturated heterocycles. The summed E-state index contributed by atoms with van der Waals surface area (Å²) < 4.78 is 12.4. The van der Waals surface area contributed by atoms with Crippen LogP contribution in [0, 0.1) is 31.3 Å². The van der Waals surface area contributed by atoms with Crippen LogP contribution in [0.25, 0.3) is 6.08 Å². The number of halogens is 1. The van der Waals surface area contributed by atoms with Crippen LogP contribution in [0.1, 0.15) is 33.4 Å². The number of anilines is 1. The Morgan fingerprint density at radius 3 is 2.41 bits per heavy atom. The van der Waals surface area contributed by atoms with Crippen LogP contribution in [0.4, 0.5) is 10.5 Å². The SMILES string of the molecule is COc1cc(/C=C2\C(=O)NC(=O)N(c3cccc(C)c3C)C2=O)cc(I)c1OCc1ccc(C)c(C)c1. The lowest BCUT2D eigenvalue weighted by Crippen LogP contribution is -2.54. The molecule has 3 aromatic carbocycles. The second kappa shape index (κ2) is 10.8. The van der Waals surface area contributed by atoms with Crippen molar-refractivity contribution in [2.45, 2.75) is 34.3 Å². The molecule has 190 valence electrons. The van der Waals surface area contributed by atoms with Crippen molar-refractivity contribution < 1.29 is 23.9 Å². The lowest BCUT2D eigenvalue weighted by Gasteiger charge is -2.28. The maximum Gasteiger partial charge on any atom is 0.335 e. The first-order valence-corrected chi connectivity index (χ1v) is 12.7. The van der Waals surface area contributed by atoms with Gasteiger partial charge in [0.25, 0.3) is 11.8 Å². The normalized spacial score (nSPS) is 14.7. The molecule has 4 amide bonds. The second-order valence-corrected chi connectivity index (χ2v) is 10.1. The van der Waals surface area contributed by atoms with Crippen molar-refractivity contribution in [1.82, 2.24) is 5.32 Å². The zero-order valence-corrected chi connectivity index (χ0v) is 23.4. The first-order chi connectivity index (χ1) is 17.6. The fourth-order valence-corrected chi connectivity index (χ4v) is 4.81. The zero-order chi connectivity index (χ0) is 26.9. The number of hydrogen-bond donors (Lipinski definition) is 1. The molecule has 0 aromatic heterocycles. The molecule has 1 aliphatic rings. The predicted octanol–water partition coefficient (Wildman–Crippen LogP) is 5.78. The van der Waals surface area contributed by atoms with Crippen molar-refractivity contribution in [3.63, 3.8) is 0 Å². The molecule has 0 bridgehead atoms. The average Bonchev–Trinajstić information content (AvgIpc) is 2.85. The molecule has 0 radical (unpaired) electrons. The van der Waals surface area contributed by atoms with Crippen molar-refractivity contribution >= 4 is 52.2 Å². The van der Waals surface area contributed by atoms with Crippen LogP contribution in [0.2, 0.25) is 0 Å². The highest BCUT2D eigenvalue weighted by Crippen LogP contribution is 2.36. The Kier molecular flexibility index (Phi) is 7.68. The number of hydrogen-bond acceptors (Lipinski definition) is 5. The summed E-state index contributed by atoms with van der Waals surface area (Å²) in [5.41, 5.74) is 5.99. The van der Waals surface area contributed by atoms with E-state index in [2.05, 4.69) is 53.9 Å². The van der Waals surface area contributed by atoms with Gasteiger partial charge in [0.1, 0.15) is 12.2 Å². The van der Waals surface area contributed by atoms with Crippen molar-refractivity contribution in [2.75, 3.05) is 12.0 Å². The van der Waals surface area contributed by atoms with Gasteiger partial charge in [-0.1, -0.05) is 30.3 Å². The number of amides is 4. The lowest BCUT2D eigenvalue weighted by molar-refractivity contribution is -0.122. The molecule has 1 N–H and O–H groups in total. The van der Waals surface area contributed by atoms with Gasteiger partial charge in [-0.15, -0.1) is 0 Å². The molecule has 37 heavy (non-hydrogen) atoms. The molecule has 0 atom stereocenters. The molecule has 0 aliphatic carbocycles. The summed E-state index contributed by atoms with van der Waals surface area (Å²) in [5, 5.41) is 2.28. The highest BCUT2D eigenvalue weighted by atomic mass is 127. The number of benzene rings is 3. The molecule has 7 nitrogen and oxygen atoms in total. The number of barbiturate groups is 1. The second-order valence-electron chi connectivity index (χ2n) is 8.92. The monoisotopic (exact) mass is 610 g/mol. The van der Waals surface area contributed by atoms with E-state index in [1.54, 1.807) is 24.3 Å².